The van der Waals surface area contributed by atoms with Crippen molar-refractivity contribution in [2.24, 2.45) is 0 Å². The van der Waals surface area contributed by atoms with E-state index in [0.717, 1.165) is 86.2 Å². The zero-order valence-corrected chi connectivity index (χ0v) is 27.6. The second-order valence-electron chi connectivity index (χ2n) is 13.7. The highest BCUT2D eigenvalue weighted by molar-refractivity contribution is 6.49. The first-order chi connectivity index (χ1) is 25.5. The normalized spacial score (nSPS) is 12.2. The van der Waals surface area contributed by atoms with Crippen molar-refractivity contribution in [3.63, 3.8) is 0 Å². The van der Waals surface area contributed by atoms with Crippen molar-refractivity contribution in [2.45, 2.75) is 0 Å². The first-order valence-electron chi connectivity index (χ1n) is 17.3. The van der Waals surface area contributed by atoms with Gasteiger partial charge in [0.2, 0.25) is 0 Å². The van der Waals surface area contributed by atoms with Crippen LogP contribution in [0.25, 0.3) is 108 Å². The molecule has 0 fully saturated rings. The van der Waals surface area contributed by atoms with Gasteiger partial charge in [-0.15, -0.1) is 0 Å². The van der Waals surface area contributed by atoms with Crippen molar-refractivity contribution in [1.29, 1.82) is 0 Å². The third kappa shape index (κ3) is 3.60. The van der Waals surface area contributed by atoms with Crippen LogP contribution in [0.5, 0.6) is 0 Å². The lowest BCUT2D eigenvalue weighted by Gasteiger charge is -2.23. The topological polar surface area (TPSA) is 74.6 Å². The van der Waals surface area contributed by atoms with Crippen molar-refractivity contribution >= 4 is 120 Å². The maximum atomic E-state index is 13.8. The zero-order valence-electron chi connectivity index (χ0n) is 27.6. The van der Waals surface area contributed by atoms with Crippen LogP contribution in [0.3, 0.4) is 0 Å². The molecule has 0 atom stereocenters. The molecule has 0 heterocycles. The fourth-order valence-corrected chi connectivity index (χ4v) is 9.25. The Morgan fingerprint density at radius 3 is 0.788 bits per heavy atom. The van der Waals surface area contributed by atoms with Gasteiger partial charge in [-0.05, 0) is 97.0 Å². The van der Waals surface area contributed by atoms with E-state index in [2.05, 4.69) is 72.8 Å². The highest BCUT2D eigenvalue weighted by Gasteiger charge is 2.30. The smallest absolute Gasteiger partial charge is 0.337 e. The lowest BCUT2D eigenvalue weighted by Crippen LogP contribution is -2.11. The molecule has 11 rings (SSSR count). The van der Waals surface area contributed by atoms with Crippen LogP contribution in [0.15, 0.2) is 146 Å². The average molecular weight is 667 g/mol. The number of aromatic carboxylic acids is 2. The number of hydrogen-bond acceptors (Lipinski definition) is 2. The zero-order chi connectivity index (χ0) is 34.8. The maximum Gasteiger partial charge on any atom is 0.337 e. The summed E-state index contributed by atoms with van der Waals surface area (Å²) in [6.45, 7) is 0. The van der Waals surface area contributed by atoms with Crippen LogP contribution in [0.1, 0.15) is 20.7 Å². The van der Waals surface area contributed by atoms with E-state index in [4.69, 9.17) is 0 Å². The lowest BCUT2D eigenvalue weighted by molar-refractivity contribution is 0.0655. The number of carboxylic acid groups (broad SMARTS) is 2. The molecule has 0 saturated carbocycles. The molecule has 0 amide bonds. The minimum absolute atomic E-state index is 0.195. The molecule has 0 bridgehead atoms. The predicted octanol–water partition coefficient (Wildman–Crippen LogP) is 12.6. The van der Waals surface area contributed by atoms with Crippen LogP contribution < -0.4 is 0 Å². The molecule has 0 radical (unpaired) electrons. The fraction of sp³-hybridized carbons (Fsp3) is 0. The summed E-state index contributed by atoms with van der Waals surface area (Å²) in [4.78, 5) is 27.5. The molecule has 0 saturated heterocycles. The maximum absolute atomic E-state index is 13.8. The van der Waals surface area contributed by atoms with E-state index in [1.54, 1.807) is 0 Å². The Balaban J connectivity index is 1.60. The lowest BCUT2D eigenvalue weighted by atomic mass is 9.79. The van der Waals surface area contributed by atoms with E-state index in [-0.39, 0.29) is 11.1 Å². The Labute approximate surface area is 295 Å². The number of benzene rings is 11. The van der Waals surface area contributed by atoms with Crippen LogP contribution in [0.2, 0.25) is 0 Å². The third-order valence-electron chi connectivity index (χ3n) is 11.2. The van der Waals surface area contributed by atoms with Gasteiger partial charge in [0, 0.05) is 10.8 Å². The van der Waals surface area contributed by atoms with Gasteiger partial charge >= 0.3 is 11.9 Å². The predicted molar refractivity (Wildman–Crippen MR) is 215 cm³/mol. The van der Waals surface area contributed by atoms with Crippen molar-refractivity contribution in [2.75, 3.05) is 0 Å². The van der Waals surface area contributed by atoms with Crippen molar-refractivity contribution in [3.8, 4) is 0 Å². The molecule has 242 valence electrons. The van der Waals surface area contributed by atoms with E-state index in [9.17, 15) is 19.8 Å². The van der Waals surface area contributed by atoms with Gasteiger partial charge < -0.3 is 10.2 Å². The minimum Gasteiger partial charge on any atom is -0.478 e. The third-order valence-corrected chi connectivity index (χ3v) is 11.2. The highest BCUT2D eigenvalue weighted by Crippen LogP contribution is 2.51. The Morgan fingerprint density at radius 1 is 0.269 bits per heavy atom. The molecule has 11 aromatic carbocycles. The fourth-order valence-electron chi connectivity index (χ4n) is 9.25. The molecular formula is C48H26O4. The summed E-state index contributed by atoms with van der Waals surface area (Å²) in [5.74, 6) is -2.54. The monoisotopic (exact) mass is 666 g/mol. The SMILES string of the molecule is O=C(O)c1c(C(=O)O)c2c3ccc4ccccc4c3c3c4ccccc4ccc3c2c2c3ccc4ccccc4c3c3c4ccccc4ccc3c12. The number of fused-ring (bicyclic) bond motifs is 21. The number of carboxylic acids is 2. The summed E-state index contributed by atoms with van der Waals surface area (Å²) in [5, 5.41) is 40.1. The van der Waals surface area contributed by atoms with E-state index >= 15 is 0 Å². The molecule has 4 heteroatoms. The average Bonchev–Trinajstić information content (AvgIpc) is 3.18. The second-order valence-corrected chi connectivity index (χ2v) is 13.7. The van der Waals surface area contributed by atoms with E-state index < -0.39 is 11.9 Å². The van der Waals surface area contributed by atoms with E-state index in [1.807, 2.05) is 72.8 Å². The summed E-state index contributed by atoms with van der Waals surface area (Å²) in [7, 11) is 0. The van der Waals surface area contributed by atoms with Crippen LogP contribution in [0, 0.1) is 0 Å². The van der Waals surface area contributed by atoms with Gasteiger partial charge in [-0.25, -0.2) is 9.59 Å². The highest BCUT2D eigenvalue weighted by atomic mass is 16.4. The molecule has 11 aromatic rings. The first kappa shape index (κ1) is 28.8. The van der Waals surface area contributed by atoms with Gasteiger partial charge in [-0.1, -0.05) is 146 Å². The summed E-state index contributed by atoms with van der Waals surface area (Å²) < 4.78 is 0. The Kier molecular flexibility index (Phi) is 5.67. The van der Waals surface area contributed by atoms with Gasteiger partial charge in [0.05, 0.1) is 11.1 Å². The van der Waals surface area contributed by atoms with Gasteiger partial charge in [0.25, 0.3) is 0 Å². The number of rotatable bonds is 2. The molecule has 2 N–H and O–H groups in total. The molecule has 0 unspecified atom stereocenters. The molecule has 0 spiro atoms. The Hall–Kier alpha value is -7.04. The van der Waals surface area contributed by atoms with E-state index in [0.29, 0.717) is 21.5 Å². The molecule has 0 aromatic heterocycles. The molecular weight excluding hydrogens is 641 g/mol. The Morgan fingerprint density at radius 2 is 0.519 bits per heavy atom. The van der Waals surface area contributed by atoms with Gasteiger partial charge in [0.1, 0.15) is 0 Å². The summed E-state index contributed by atoms with van der Waals surface area (Å²) >= 11 is 0. The van der Waals surface area contributed by atoms with Crippen molar-refractivity contribution < 1.29 is 19.8 Å². The van der Waals surface area contributed by atoms with Crippen LogP contribution >= 0.6 is 0 Å². The van der Waals surface area contributed by atoms with Crippen LogP contribution in [-0.2, 0) is 0 Å². The summed E-state index contributed by atoms with van der Waals surface area (Å²) in [5.41, 5.74) is -0.389. The quantitative estimate of drug-likeness (QED) is 0.180. The van der Waals surface area contributed by atoms with Gasteiger partial charge in [-0.2, -0.15) is 0 Å². The molecule has 0 aliphatic carbocycles. The van der Waals surface area contributed by atoms with Crippen LogP contribution in [-0.4, -0.2) is 22.2 Å². The molecule has 0 aliphatic rings. The van der Waals surface area contributed by atoms with E-state index in [1.165, 1.54) is 0 Å². The summed E-state index contributed by atoms with van der Waals surface area (Å²) in [6, 6.07) is 49.3. The Bertz CT molecular complexity index is 3240. The molecule has 52 heavy (non-hydrogen) atoms. The second kappa shape index (κ2) is 10.3. The van der Waals surface area contributed by atoms with Crippen molar-refractivity contribution in [3.05, 3.63) is 157 Å². The largest absolute Gasteiger partial charge is 0.478 e. The standard InChI is InChI=1S/C48H26O4/c49-47(50)45-43-35-23-19-27-11-3-7-15-31(27)39(35)37-29-13-5-1-9-25(29)17-21-33(37)41(43)42-34-22-18-26-10-2-6-14-30(26)38(34)40-32-16-8-4-12-28(32)20-24-36(40)44(42)46(45)48(51)52/h1-24H,(H,49,50)(H,51,52). The number of hydrogen-bond donors (Lipinski definition) is 2. The molecule has 0 aliphatic heterocycles. The van der Waals surface area contributed by atoms with Gasteiger partial charge in [-0.3, -0.25) is 0 Å². The molecule has 4 nitrogen and oxygen atoms in total. The minimum atomic E-state index is -1.27. The number of carbonyl (C=O) groups is 2. The van der Waals surface area contributed by atoms with Gasteiger partial charge in [0.15, 0.2) is 0 Å². The summed E-state index contributed by atoms with van der Waals surface area (Å²) in [6.07, 6.45) is 0. The van der Waals surface area contributed by atoms with Crippen molar-refractivity contribution in [1.82, 2.24) is 0 Å². The first-order valence-corrected chi connectivity index (χ1v) is 17.3. The van der Waals surface area contributed by atoms with Crippen LogP contribution in [0.4, 0.5) is 0 Å².